The van der Waals surface area contributed by atoms with Gasteiger partial charge in [-0.15, -0.1) is 0 Å². The average molecular weight is 618 g/mol. The molecule has 13 heteroatoms. The molecule has 4 heterocycles. The highest BCUT2D eigenvalue weighted by molar-refractivity contribution is 6.32. The van der Waals surface area contributed by atoms with E-state index in [1.54, 1.807) is 0 Å². The molecule has 4 atom stereocenters. The summed E-state index contributed by atoms with van der Waals surface area (Å²) in [6.07, 6.45) is 3.59. The van der Waals surface area contributed by atoms with Crippen LogP contribution >= 0.6 is 11.6 Å². The number of ether oxygens (including phenoxy) is 2. The molecular formula is C30H35ClF3N7O2. The molecule has 7 rings (SSSR count). The Morgan fingerprint density at radius 3 is 2.70 bits per heavy atom. The van der Waals surface area contributed by atoms with E-state index in [1.165, 1.54) is 12.4 Å². The number of hydrogen-bond acceptors (Lipinski definition) is 7. The van der Waals surface area contributed by atoms with E-state index in [-0.39, 0.29) is 28.8 Å². The van der Waals surface area contributed by atoms with Gasteiger partial charge >= 0.3 is 6.18 Å². The van der Waals surface area contributed by atoms with Crippen LogP contribution in [0.1, 0.15) is 57.0 Å². The summed E-state index contributed by atoms with van der Waals surface area (Å²) in [5, 5.41) is 0.522. The van der Waals surface area contributed by atoms with Gasteiger partial charge < -0.3 is 29.7 Å². The molecule has 3 aliphatic rings. The van der Waals surface area contributed by atoms with Crippen LogP contribution in [0.4, 0.5) is 19.0 Å². The third-order valence-electron chi connectivity index (χ3n) is 9.52. The van der Waals surface area contributed by atoms with Crippen molar-refractivity contribution in [3.63, 3.8) is 0 Å². The molecular weight excluding hydrogens is 583 g/mol. The number of halogens is 4. The molecule has 3 aromatic heterocycles. The van der Waals surface area contributed by atoms with Crippen molar-refractivity contribution in [3.05, 3.63) is 47.1 Å². The van der Waals surface area contributed by atoms with Crippen LogP contribution in [0.3, 0.4) is 0 Å². The molecule has 3 fully saturated rings. The second kappa shape index (κ2) is 10.3. The lowest BCUT2D eigenvalue weighted by atomic mass is 9.76. The smallest absolute Gasteiger partial charge is 0.383 e. The van der Waals surface area contributed by atoms with Crippen molar-refractivity contribution in [3.8, 4) is 0 Å². The summed E-state index contributed by atoms with van der Waals surface area (Å²) in [4.78, 5) is 18.6. The minimum Gasteiger partial charge on any atom is -0.383 e. The Balaban J connectivity index is 0.969. The molecule has 1 saturated heterocycles. The number of benzene rings is 1. The maximum absolute atomic E-state index is 13.2. The number of alkyl halides is 3. The predicted molar refractivity (Wildman–Crippen MR) is 156 cm³/mol. The van der Waals surface area contributed by atoms with E-state index in [9.17, 15) is 13.2 Å². The number of anilines is 1. The number of nitrogen functional groups attached to an aromatic ring is 1. The lowest BCUT2D eigenvalue weighted by Gasteiger charge is -2.42. The summed E-state index contributed by atoms with van der Waals surface area (Å²) in [5.74, 6) is 1.34. The molecule has 43 heavy (non-hydrogen) atoms. The zero-order chi connectivity index (χ0) is 30.3. The molecule has 3 N–H and O–H groups in total. The van der Waals surface area contributed by atoms with E-state index < -0.39 is 17.5 Å². The highest BCUT2D eigenvalue weighted by Crippen LogP contribution is 2.48. The Kier molecular flexibility index (Phi) is 6.92. The highest BCUT2D eigenvalue weighted by Gasteiger charge is 2.55. The molecule has 2 aliphatic carbocycles. The summed E-state index contributed by atoms with van der Waals surface area (Å²) in [5.41, 5.74) is 6.87. The van der Waals surface area contributed by atoms with Crippen molar-refractivity contribution >= 4 is 39.5 Å². The first-order valence-corrected chi connectivity index (χ1v) is 15.1. The van der Waals surface area contributed by atoms with Crippen molar-refractivity contribution in [1.29, 1.82) is 0 Å². The first kappa shape index (κ1) is 28.8. The zero-order valence-corrected chi connectivity index (χ0v) is 25.0. The van der Waals surface area contributed by atoms with Gasteiger partial charge in [0.1, 0.15) is 29.7 Å². The van der Waals surface area contributed by atoms with Crippen LogP contribution in [0.25, 0.3) is 22.1 Å². The number of aromatic amines is 1. The number of fused-ring (bicyclic) bond motifs is 3. The maximum atomic E-state index is 13.2. The number of nitrogens with zero attached hydrogens (tertiary/aromatic N) is 5. The van der Waals surface area contributed by atoms with Crippen LogP contribution in [0.5, 0.6) is 0 Å². The number of aromatic nitrogens is 5. The molecule has 2 saturated carbocycles. The van der Waals surface area contributed by atoms with Gasteiger partial charge in [-0.1, -0.05) is 11.6 Å². The molecule has 1 aliphatic heterocycles. The van der Waals surface area contributed by atoms with Crippen molar-refractivity contribution in [1.82, 2.24) is 29.4 Å². The number of nitrogens with one attached hydrogen (secondary N) is 1. The molecule has 4 aromatic rings. The quantitative estimate of drug-likeness (QED) is 0.262. The molecule has 1 aromatic carbocycles. The lowest BCUT2D eigenvalue weighted by molar-refractivity contribution is -0.161. The zero-order valence-electron chi connectivity index (χ0n) is 24.2. The van der Waals surface area contributed by atoms with E-state index in [0.717, 1.165) is 49.3 Å². The number of rotatable bonds is 7. The van der Waals surface area contributed by atoms with E-state index in [0.29, 0.717) is 41.5 Å². The first-order valence-electron chi connectivity index (χ1n) is 14.7. The number of aryl methyl sites for hydroxylation is 1. The Hall–Kier alpha value is -2.93. The second-order valence-electron chi connectivity index (χ2n) is 12.8. The number of imidazole rings is 1. The topological polar surface area (TPSA) is 107 Å². The monoisotopic (exact) mass is 617 g/mol. The molecule has 1 unspecified atom stereocenters. The van der Waals surface area contributed by atoms with Gasteiger partial charge in [0.2, 0.25) is 0 Å². The molecule has 0 bridgehead atoms. The third-order valence-corrected chi connectivity index (χ3v) is 9.83. The number of nitrogens with two attached hydrogens (primary N) is 1. The maximum Gasteiger partial charge on any atom is 0.417 e. The molecule has 0 amide bonds. The minimum absolute atomic E-state index is 0.0191. The summed E-state index contributed by atoms with van der Waals surface area (Å²) < 4.78 is 54.7. The fourth-order valence-corrected chi connectivity index (χ4v) is 7.61. The fourth-order valence-electron chi connectivity index (χ4n) is 7.34. The van der Waals surface area contributed by atoms with Gasteiger partial charge in [-0.05, 0) is 70.7 Å². The van der Waals surface area contributed by atoms with E-state index >= 15 is 0 Å². The van der Waals surface area contributed by atoms with E-state index in [4.69, 9.17) is 26.8 Å². The summed E-state index contributed by atoms with van der Waals surface area (Å²) in [6, 6.07) is 4.85. The van der Waals surface area contributed by atoms with Gasteiger partial charge in [-0.3, -0.25) is 0 Å². The van der Waals surface area contributed by atoms with Gasteiger partial charge in [0, 0.05) is 31.1 Å². The van der Waals surface area contributed by atoms with Crippen molar-refractivity contribution in [2.45, 2.75) is 82.2 Å². The summed E-state index contributed by atoms with van der Waals surface area (Å²) in [6.45, 7) is 4.84. The summed E-state index contributed by atoms with van der Waals surface area (Å²) >= 11 is 5.87. The largest absolute Gasteiger partial charge is 0.417 e. The van der Waals surface area contributed by atoms with Crippen LogP contribution in [0.2, 0.25) is 5.02 Å². The average Bonchev–Trinajstić information content (AvgIpc) is 3.64. The standard InChI is InChI=1S/C30H35ClF3N7O2/c1-29(2)42-25-16(10-23(26(25)43-29)41-7-6-18-27(35)36-14-37-28(18)41)13-40(3)17-8-15(9-17)4-5-24-38-21-11-19(30(32,33)34)20(31)12-22(21)39-24/h6-7,11-12,14-17,23,25-26H,4-5,8-10,13H2,1-3H3,(H,38,39)(H2,35,36,37)/t15-,16-,17-,23?,25-,26+/m1/s1. The lowest BCUT2D eigenvalue weighted by Crippen LogP contribution is -2.46. The summed E-state index contributed by atoms with van der Waals surface area (Å²) in [7, 11) is 2.18. The van der Waals surface area contributed by atoms with Crippen LogP contribution in [0, 0.1) is 11.8 Å². The number of H-pyrrole nitrogens is 1. The first-order chi connectivity index (χ1) is 20.4. The van der Waals surface area contributed by atoms with Gasteiger partial charge in [-0.2, -0.15) is 13.2 Å². The van der Waals surface area contributed by atoms with Crippen molar-refractivity contribution in [2.75, 3.05) is 19.3 Å². The minimum atomic E-state index is -4.51. The van der Waals surface area contributed by atoms with E-state index in [2.05, 4.69) is 36.5 Å². The Morgan fingerprint density at radius 1 is 1.16 bits per heavy atom. The Morgan fingerprint density at radius 2 is 1.93 bits per heavy atom. The number of hydrogen-bond donors (Lipinski definition) is 2. The van der Waals surface area contributed by atoms with Gasteiger partial charge in [-0.25, -0.2) is 15.0 Å². The third kappa shape index (κ3) is 5.26. The Labute approximate surface area is 251 Å². The van der Waals surface area contributed by atoms with Crippen LogP contribution in [0.15, 0.2) is 30.7 Å². The van der Waals surface area contributed by atoms with Gasteiger partial charge in [0.25, 0.3) is 0 Å². The molecule has 9 nitrogen and oxygen atoms in total. The van der Waals surface area contributed by atoms with Gasteiger partial charge in [0.05, 0.1) is 39.2 Å². The van der Waals surface area contributed by atoms with Crippen molar-refractivity contribution < 1.29 is 22.6 Å². The second-order valence-corrected chi connectivity index (χ2v) is 13.3. The highest BCUT2D eigenvalue weighted by atomic mass is 35.5. The van der Waals surface area contributed by atoms with Gasteiger partial charge in [0.15, 0.2) is 5.79 Å². The van der Waals surface area contributed by atoms with Crippen LogP contribution < -0.4 is 5.73 Å². The SMILES string of the molecule is CN(C[C@H]1CC(n2ccc3c(N)ncnc32)[C@@H]2OC(C)(C)O[C@H]12)[C@H]1C[C@H](CCc2nc3cc(C(F)(F)F)c(Cl)cc3[nH]2)C1. The normalized spacial score (nSPS) is 28.7. The van der Waals surface area contributed by atoms with Crippen LogP contribution in [-0.2, 0) is 22.1 Å². The fraction of sp³-hybridized carbons (Fsp3) is 0.567. The Bertz CT molecular complexity index is 1660. The molecule has 0 spiro atoms. The van der Waals surface area contributed by atoms with E-state index in [1.807, 2.05) is 26.1 Å². The predicted octanol–water partition coefficient (Wildman–Crippen LogP) is 5.99. The molecule has 0 radical (unpaired) electrons. The van der Waals surface area contributed by atoms with Crippen molar-refractivity contribution in [2.24, 2.45) is 11.8 Å². The molecule has 230 valence electrons. The van der Waals surface area contributed by atoms with Crippen LogP contribution in [-0.4, -0.2) is 67.0 Å².